The lowest BCUT2D eigenvalue weighted by molar-refractivity contribution is -0.384. The fourth-order valence-corrected chi connectivity index (χ4v) is 4.55. The number of hydrogen-bond donors (Lipinski definition) is 0. The van der Waals surface area contributed by atoms with Crippen LogP contribution >= 0.6 is 0 Å². The molecule has 8 nitrogen and oxygen atoms in total. The predicted octanol–water partition coefficient (Wildman–Crippen LogP) is 4.04. The Morgan fingerprint density at radius 3 is 2.19 bits per heavy atom. The normalized spacial score (nSPS) is 24.7. The Labute approximate surface area is 183 Å². The topological polar surface area (TPSA) is 93.0 Å². The molecule has 0 unspecified atom stereocenters. The van der Waals surface area contributed by atoms with Crippen molar-refractivity contribution in [2.75, 3.05) is 9.96 Å². The van der Waals surface area contributed by atoms with Gasteiger partial charge in [-0.05, 0) is 30.7 Å². The molecule has 3 atom stereocenters. The number of para-hydroxylation sites is 1. The van der Waals surface area contributed by atoms with Crippen molar-refractivity contribution in [1.29, 1.82) is 0 Å². The van der Waals surface area contributed by atoms with Crippen LogP contribution in [0.15, 0.2) is 84.9 Å². The summed E-state index contributed by atoms with van der Waals surface area (Å²) >= 11 is 0. The number of nitro benzene ring substituents is 1. The number of carbonyl (C=O) groups is 2. The minimum absolute atomic E-state index is 0.159. The Hall–Kier alpha value is -4.04. The molecule has 2 saturated heterocycles. The van der Waals surface area contributed by atoms with Crippen LogP contribution < -0.4 is 9.96 Å². The number of amides is 2. The third-order valence-electron chi connectivity index (χ3n) is 6.10. The predicted molar refractivity (Wildman–Crippen MR) is 117 cm³/mol. The highest BCUT2D eigenvalue weighted by atomic mass is 16.7. The minimum atomic E-state index is -1.24. The maximum Gasteiger partial charge on any atom is 0.271 e. The molecule has 160 valence electrons. The molecule has 2 fully saturated rings. The first kappa shape index (κ1) is 19.9. The average Bonchev–Trinajstić information content (AvgIpc) is 3.23. The van der Waals surface area contributed by atoms with E-state index in [2.05, 4.69) is 0 Å². The monoisotopic (exact) mass is 429 g/mol. The zero-order valence-electron chi connectivity index (χ0n) is 17.1. The molecular weight excluding hydrogens is 410 g/mol. The SMILES string of the molecule is C[C@]12C(=O)N(c3cccc([N+](=O)[O-])c3)C(=O)[C@H]1ON(c1ccccc1)[C@@H]2c1ccccc1. The first-order valence-corrected chi connectivity index (χ1v) is 10.1. The molecule has 3 aromatic carbocycles. The van der Waals surface area contributed by atoms with Crippen LogP contribution in [0, 0.1) is 15.5 Å². The van der Waals surface area contributed by atoms with Crippen molar-refractivity contribution in [2.24, 2.45) is 5.41 Å². The lowest BCUT2D eigenvalue weighted by Crippen LogP contribution is -2.41. The van der Waals surface area contributed by atoms with Gasteiger partial charge in [0.05, 0.1) is 22.3 Å². The van der Waals surface area contributed by atoms with Crippen molar-refractivity contribution in [3.63, 3.8) is 0 Å². The van der Waals surface area contributed by atoms with E-state index in [0.29, 0.717) is 0 Å². The number of nitro groups is 1. The van der Waals surface area contributed by atoms with Crippen LogP contribution in [0.1, 0.15) is 18.5 Å². The third kappa shape index (κ3) is 2.80. The van der Waals surface area contributed by atoms with E-state index in [0.717, 1.165) is 16.2 Å². The largest absolute Gasteiger partial charge is 0.273 e. The van der Waals surface area contributed by atoms with E-state index in [1.54, 1.807) is 12.0 Å². The van der Waals surface area contributed by atoms with Gasteiger partial charge in [-0.15, -0.1) is 0 Å². The molecule has 0 bridgehead atoms. The molecule has 2 amide bonds. The van der Waals surface area contributed by atoms with E-state index in [9.17, 15) is 19.7 Å². The van der Waals surface area contributed by atoms with E-state index in [-0.39, 0.29) is 11.4 Å². The fraction of sp³-hybridized carbons (Fsp3) is 0.167. The standard InChI is InChI=1S/C24H19N3O5/c1-24-20(16-9-4-2-5-10-16)26(17-11-6-3-7-12-17)32-21(24)22(28)25(23(24)29)18-13-8-14-19(15-18)27(30)31/h2-15,20-21H,1H3/t20-,21-,24-/m1/s1. The molecule has 0 radical (unpaired) electrons. The molecule has 8 heteroatoms. The Bertz CT molecular complexity index is 1220. The number of anilines is 2. The van der Waals surface area contributed by atoms with Crippen LogP contribution in [0.2, 0.25) is 0 Å². The molecule has 2 aliphatic heterocycles. The van der Waals surface area contributed by atoms with Crippen molar-refractivity contribution < 1.29 is 19.3 Å². The highest BCUT2D eigenvalue weighted by Crippen LogP contribution is 2.55. The van der Waals surface area contributed by atoms with Gasteiger partial charge < -0.3 is 0 Å². The number of carbonyl (C=O) groups excluding carboxylic acids is 2. The van der Waals surface area contributed by atoms with Crippen LogP contribution in [0.3, 0.4) is 0 Å². The van der Waals surface area contributed by atoms with Crippen molar-refractivity contribution >= 4 is 28.9 Å². The molecule has 32 heavy (non-hydrogen) atoms. The van der Waals surface area contributed by atoms with E-state index in [4.69, 9.17) is 4.84 Å². The molecule has 0 aliphatic carbocycles. The summed E-state index contributed by atoms with van der Waals surface area (Å²) in [5.41, 5.74) is 0.268. The Kier molecular flexibility index (Phi) is 4.53. The number of fused-ring (bicyclic) bond motifs is 1. The number of benzene rings is 3. The summed E-state index contributed by atoms with van der Waals surface area (Å²) in [6, 6.07) is 23.6. The van der Waals surface area contributed by atoms with Gasteiger partial charge in [-0.3, -0.25) is 24.5 Å². The number of rotatable bonds is 4. The van der Waals surface area contributed by atoms with Gasteiger partial charge in [0, 0.05) is 12.1 Å². The second-order valence-corrected chi connectivity index (χ2v) is 8.00. The van der Waals surface area contributed by atoms with E-state index < -0.39 is 34.3 Å². The van der Waals surface area contributed by atoms with Gasteiger partial charge in [-0.2, -0.15) is 0 Å². The van der Waals surface area contributed by atoms with Crippen molar-refractivity contribution in [1.82, 2.24) is 0 Å². The second kappa shape index (κ2) is 7.28. The van der Waals surface area contributed by atoms with Crippen LogP contribution in [0.4, 0.5) is 17.1 Å². The molecule has 3 aromatic rings. The third-order valence-corrected chi connectivity index (χ3v) is 6.10. The lowest BCUT2D eigenvalue weighted by atomic mass is 9.76. The number of imide groups is 1. The van der Waals surface area contributed by atoms with Crippen molar-refractivity contribution in [3.05, 3.63) is 101 Å². The molecule has 0 saturated carbocycles. The lowest BCUT2D eigenvalue weighted by Gasteiger charge is -2.32. The summed E-state index contributed by atoms with van der Waals surface area (Å²) in [6.07, 6.45) is -1.07. The number of hydroxylamine groups is 1. The summed E-state index contributed by atoms with van der Waals surface area (Å²) in [5.74, 6) is -1.00. The Morgan fingerprint density at radius 1 is 0.906 bits per heavy atom. The first-order valence-electron chi connectivity index (χ1n) is 10.1. The highest BCUT2D eigenvalue weighted by molar-refractivity contribution is 6.25. The van der Waals surface area contributed by atoms with Gasteiger partial charge in [0.15, 0.2) is 6.10 Å². The summed E-state index contributed by atoms with van der Waals surface area (Å²) < 4.78 is 0. The van der Waals surface area contributed by atoms with Gasteiger partial charge >= 0.3 is 0 Å². The van der Waals surface area contributed by atoms with Crippen molar-refractivity contribution in [2.45, 2.75) is 19.1 Å². The molecule has 2 aliphatic rings. The van der Waals surface area contributed by atoms with Crippen molar-refractivity contribution in [3.8, 4) is 0 Å². The Balaban J connectivity index is 1.63. The zero-order valence-corrected chi connectivity index (χ0v) is 17.1. The Morgan fingerprint density at radius 2 is 1.53 bits per heavy atom. The van der Waals surface area contributed by atoms with Crippen LogP contribution in [0.25, 0.3) is 0 Å². The van der Waals surface area contributed by atoms with Gasteiger partial charge in [-0.25, -0.2) is 9.96 Å². The van der Waals surface area contributed by atoms with Gasteiger partial charge in [0.25, 0.3) is 11.6 Å². The average molecular weight is 429 g/mol. The number of non-ortho nitro benzene ring substituents is 1. The molecule has 5 rings (SSSR count). The summed E-state index contributed by atoms with van der Waals surface area (Å²) in [7, 11) is 0. The summed E-state index contributed by atoms with van der Waals surface area (Å²) in [4.78, 5) is 45.0. The maximum absolute atomic E-state index is 13.8. The van der Waals surface area contributed by atoms with Gasteiger partial charge in [-0.1, -0.05) is 54.6 Å². The van der Waals surface area contributed by atoms with Crippen LogP contribution in [0.5, 0.6) is 0 Å². The quantitative estimate of drug-likeness (QED) is 0.353. The summed E-state index contributed by atoms with van der Waals surface area (Å²) in [6.45, 7) is 1.72. The minimum Gasteiger partial charge on any atom is -0.273 e. The van der Waals surface area contributed by atoms with E-state index in [1.807, 2.05) is 60.7 Å². The van der Waals surface area contributed by atoms with Gasteiger partial charge in [0.2, 0.25) is 5.91 Å². The molecule has 0 spiro atoms. The molecule has 0 N–H and O–H groups in total. The molecule has 0 aromatic heterocycles. The molecular formula is C24H19N3O5. The second-order valence-electron chi connectivity index (χ2n) is 8.00. The van der Waals surface area contributed by atoms with Gasteiger partial charge in [0.1, 0.15) is 5.41 Å². The first-order chi connectivity index (χ1) is 15.4. The number of hydrogen-bond acceptors (Lipinski definition) is 6. The summed E-state index contributed by atoms with van der Waals surface area (Å²) in [5, 5.41) is 12.8. The smallest absolute Gasteiger partial charge is 0.271 e. The fourth-order valence-electron chi connectivity index (χ4n) is 4.55. The van der Waals surface area contributed by atoms with Crippen LogP contribution in [-0.4, -0.2) is 22.8 Å². The number of nitrogens with zero attached hydrogens (tertiary/aromatic N) is 3. The molecule has 2 heterocycles. The van der Waals surface area contributed by atoms with E-state index >= 15 is 0 Å². The zero-order chi connectivity index (χ0) is 22.5. The van der Waals surface area contributed by atoms with Crippen LogP contribution in [-0.2, 0) is 14.4 Å². The highest BCUT2D eigenvalue weighted by Gasteiger charge is 2.68. The van der Waals surface area contributed by atoms with E-state index in [1.165, 1.54) is 24.3 Å². The maximum atomic E-state index is 13.8.